The largest absolute Gasteiger partial charge is 0.477 e. The maximum atomic E-state index is 11.7. The van der Waals surface area contributed by atoms with Crippen molar-refractivity contribution in [3.63, 3.8) is 0 Å². The highest BCUT2D eigenvalue weighted by atomic mass is 16.7. The fraction of sp³-hybridized carbons (Fsp3) is 0.818. The van der Waals surface area contributed by atoms with Crippen LogP contribution in [0.2, 0.25) is 0 Å². The molecule has 0 radical (unpaired) electrons. The van der Waals surface area contributed by atoms with E-state index >= 15 is 0 Å². The summed E-state index contributed by atoms with van der Waals surface area (Å²) >= 11 is 0. The molecule has 0 spiro atoms. The molecular weight excluding hydrogens is 290 g/mol. The van der Waals surface area contributed by atoms with Crippen LogP contribution in [0.5, 0.6) is 0 Å². The van der Waals surface area contributed by atoms with E-state index in [1.54, 1.807) is 5.32 Å². The molecule has 1 fully saturated rings. The lowest BCUT2D eigenvalue weighted by Gasteiger charge is -2.44. The van der Waals surface area contributed by atoms with E-state index in [4.69, 9.17) is 17.1 Å². The third-order valence-corrected chi connectivity index (χ3v) is 2.85. The third kappa shape index (κ3) is 3.87. The van der Waals surface area contributed by atoms with Gasteiger partial charge in [-0.05, 0) is 0 Å². The molecule has 0 unspecified atom stereocenters. The number of carboxylic acid groups (broad SMARTS) is 1. The molecule has 1 rings (SSSR count). The Morgan fingerprint density at radius 3 is 2.67 bits per heavy atom. The molecule has 21 heavy (non-hydrogen) atoms. The fourth-order valence-corrected chi connectivity index (χ4v) is 1.81. The first-order valence-corrected chi connectivity index (χ1v) is 5.71. The van der Waals surface area contributed by atoms with Crippen molar-refractivity contribution in [2.75, 3.05) is 6.61 Å². The van der Waals surface area contributed by atoms with Crippen LogP contribution in [-0.4, -0.2) is 85.4 Å². The van der Waals surface area contributed by atoms with E-state index in [9.17, 15) is 30.0 Å². The van der Waals surface area contributed by atoms with Gasteiger partial charge in [-0.25, -0.2) is 4.79 Å². The van der Waals surface area contributed by atoms with Crippen molar-refractivity contribution < 1.29 is 51.8 Å². The third-order valence-electron chi connectivity index (χ3n) is 2.85. The normalized spacial score (nSPS) is 42.3. The van der Waals surface area contributed by atoms with Crippen molar-refractivity contribution in [2.24, 2.45) is 0 Å². The molecule has 10 nitrogen and oxygen atoms in total. The smallest absolute Gasteiger partial charge is 0.364 e. The van der Waals surface area contributed by atoms with Crippen LogP contribution in [0.1, 0.15) is 20.1 Å². The van der Waals surface area contributed by atoms with Gasteiger partial charge in [0.2, 0.25) is 5.91 Å². The van der Waals surface area contributed by atoms with Gasteiger partial charge >= 0.3 is 5.97 Å². The zero-order valence-corrected chi connectivity index (χ0v) is 10.5. The number of ether oxygens (including phenoxy) is 1. The first-order chi connectivity index (χ1) is 11.6. The maximum absolute atomic E-state index is 11.7. The summed E-state index contributed by atoms with van der Waals surface area (Å²) in [4.78, 5) is 22.9. The number of rotatable bonds is 5. The second kappa shape index (κ2) is 6.64. The topological polar surface area (TPSA) is 177 Å². The minimum Gasteiger partial charge on any atom is -0.477 e. The molecule has 0 aliphatic carbocycles. The number of carbonyl (C=O) groups excluding carboxylic acids is 1. The SMILES string of the molecule is [2H]C([2H])([2H])C(=O)N[C@H]1[C@H]([C@H](O)[C@H](O)CO)O[C@](O)(C(=O)O)C([2H])([2H])[C@@H]1O. The van der Waals surface area contributed by atoms with Gasteiger partial charge in [0, 0.05) is 20.1 Å². The Kier molecular flexibility index (Phi) is 3.57. The van der Waals surface area contributed by atoms with Crippen molar-refractivity contribution in [1.82, 2.24) is 5.32 Å². The van der Waals surface area contributed by atoms with Gasteiger partial charge in [-0.3, -0.25) is 4.79 Å². The Morgan fingerprint density at radius 1 is 1.57 bits per heavy atom. The van der Waals surface area contributed by atoms with E-state index in [2.05, 4.69) is 4.74 Å². The van der Waals surface area contributed by atoms with Crippen LogP contribution >= 0.6 is 0 Å². The Morgan fingerprint density at radius 2 is 2.19 bits per heavy atom. The van der Waals surface area contributed by atoms with Gasteiger partial charge in [-0.15, -0.1) is 0 Å². The molecule has 1 heterocycles. The lowest BCUT2D eigenvalue weighted by Crippen LogP contribution is -2.67. The molecule has 6 atom stereocenters. The molecule has 1 aliphatic rings. The molecule has 7 N–H and O–H groups in total. The highest BCUT2D eigenvalue weighted by Crippen LogP contribution is 2.30. The minimum atomic E-state index is -3.71. The molecular formula is C11H19NO9. The second-order valence-corrected chi connectivity index (χ2v) is 4.36. The summed E-state index contributed by atoms with van der Waals surface area (Å²) < 4.78 is 40.8. The summed E-state index contributed by atoms with van der Waals surface area (Å²) in [5.41, 5.74) is 0. The molecule has 0 bridgehead atoms. The number of aliphatic hydroxyl groups is 5. The number of amides is 1. The zero-order valence-electron chi connectivity index (χ0n) is 15.5. The highest BCUT2D eigenvalue weighted by Gasteiger charge is 2.53. The molecule has 0 aromatic heterocycles. The number of nitrogens with one attached hydrogen (secondary N) is 1. The summed E-state index contributed by atoms with van der Waals surface area (Å²) in [6, 6.07) is -2.09. The monoisotopic (exact) mass is 314 g/mol. The Bertz CT molecular complexity index is 559. The van der Waals surface area contributed by atoms with Crippen LogP contribution in [0, 0.1) is 0 Å². The van der Waals surface area contributed by atoms with Crippen molar-refractivity contribution >= 4 is 11.9 Å². The quantitative estimate of drug-likeness (QED) is 0.267. The molecule has 1 aliphatic heterocycles. The van der Waals surface area contributed by atoms with Crippen molar-refractivity contribution in [3.8, 4) is 0 Å². The number of hydrogen-bond donors (Lipinski definition) is 7. The van der Waals surface area contributed by atoms with Gasteiger partial charge in [0.25, 0.3) is 5.79 Å². The van der Waals surface area contributed by atoms with Crippen LogP contribution in [0.4, 0.5) is 0 Å². The van der Waals surface area contributed by atoms with Gasteiger partial charge in [-0.2, -0.15) is 0 Å². The average molecular weight is 314 g/mol. The maximum Gasteiger partial charge on any atom is 0.364 e. The van der Waals surface area contributed by atoms with Gasteiger partial charge < -0.3 is 40.7 Å². The first kappa shape index (κ1) is 11.3. The molecule has 10 heteroatoms. The van der Waals surface area contributed by atoms with Crippen LogP contribution < -0.4 is 5.32 Å². The molecule has 0 aromatic carbocycles. The van der Waals surface area contributed by atoms with Gasteiger partial charge in [0.05, 0.1) is 18.8 Å². The second-order valence-electron chi connectivity index (χ2n) is 4.36. The van der Waals surface area contributed by atoms with Gasteiger partial charge in [-0.1, -0.05) is 0 Å². The van der Waals surface area contributed by atoms with E-state index in [1.807, 2.05) is 0 Å². The van der Waals surface area contributed by atoms with Crippen LogP contribution in [0.15, 0.2) is 0 Å². The number of aliphatic hydroxyl groups excluding tert-OH is 4. The number of carboxylic acids is 1. The predicted molar refractivity (Wildman–Crippen MR) is 64.8 cm³/mol. The van der Waals surface area contributed by atoms with Gasteiger partial charge in [0.15, 0.2) is 0 Å². The van der Waals surface area contributed by atoms with Crippen molar-refractivity contribution in [3.05, 3.63) is 0 Å². The van der Waals surface area contributed by atoms with E-state index in [1.165, 1.54) is 0 Å². The molecule has 1 saturated heterocycles. The fourth-order valence-electron chi connectivity index (χ4n) is 1.81. The molecule has 0 aromatic rings. The summed E-state index contributed by atoms with van der Waals surface area (Å²) in [6.45, 7) is -4.34. The Hall–Kier alpha value is -1.30. The minimum absolute atomic E-state index is 1.09. The molecule has 0 saturated carbocycles. The van der Waals surface area contributed by atoms with Crippen LogP contribution in [-0.2, 0) is 14.3 Å². The summed E-state index contributed by atoms with van der Waals surface area (Å²) in [5, 5.41) is 59.2. The summed E-state index contributed by atoms with van der Waals surface area (Å²) in [6.07, 6.45) is -12.5. The Balaban J connectivity index is 3.38. The Labute approximate surface area is 126 Å². The summed E-state index contributed by atoms with van der Waals surface area (Å²) in [7, 11) is 0. The molecule has 1 amide bonds. The standard InChI is InChI=1S/C11H19NO9/c1-4(14)12-7-5(15)2-11(20,10(18)19)21-9(7)8(17)6(16)3-13/h5-9,13,15-17,20H,2-3H2,1H3,(H,12,14)(H,18,19)/t5-,6+,7+,8+,9+,11-/m0/s1/i1D3,2D2. The van der Waals surface area contributed by atoms with E-state index in [-0.39, 0.29) is 0 Å². The van der Waals surface area contributed by atoms with E-state index in [0.29, 0.717) is 0 Å². The highest BCUT2D eigenvalue weighted by molar-refractivity contribution is 5.76. The lowest BCUT2D eigenvalue weighted by atomic mass is 9.88. The van der Waals surface area contributed by atoms with Gasteiger partial charge in [0.1, 0.15) is 18.3 Å². The molecule has 122 valence electrons. The van der Waals surface area contributed by atoms with E-state index < -0.39 is 68.0 Å². The zero-order chi connectivity index (χ0) is 20.7. The van der Waals surface area contributed by atoms with Crippen LogP contribution in [0.3, 0.4) is 0 Å². The lowest BCUT2D eigenvalue weighted by molar-refractivity contribution is -0.295. The van der Waals surface area contributed by atoms with Crippen LogP contribution in [0.25, 0.3) is 0 Å². The predicted octanol–water partition coefficient (Wildman–Crippen LogP) is -3.87. The van der Waals surface area contributed by atoms with Crippen molar-refractivity contribution in [1.29, 1.82) is 0 Å². The van der Waals surface area contributed by atoms with Crippen molar-refractivity contribution in [2.45, 2.75) is 49.5 Å². The van der Waals surface area contributed by atoms with E-state index in [0.717, 1.165) is 0 Å². The number of hydrogen-bond acceptors (Lipinski definition) is 8. The number of aliphatic carboxylic acids is 1. The first-order valence-electron chi connectivity index (χ1n) is 8.21. The number of carbonyl (C=O) groups is 2. The average Bonchev–Trinajstić information content (AvgIpc) is 2.52. The summed E-state index contributed by atoms with van der Waals surface area (Å²) in [5.74, 6) is -7.70.